The predicted molar refractivity (Wildman–Crippen MR) is 150 cm³/mol. The molecular weight excluding hydrogens is 460 g/mol. The quantitative estimate of drug-likeness (QED) is 0.369. The van der Waals surface area contributed by atoms with Crippen LogP contribution in [-0.2, 0) is 22.6 Å². The second kappa shape index (κ2) is 12.6. The van der Waals surface area contributed by atoms with Gasteiger partial charge in [0.2, 0.25) is 5.91 Å². The molecule has 3 aromatic rings. The zero-order valence-electron chi connectivity index (χ0n) is 23.0. The summed E-state index contributed by atoms with van der Waals surface area (Å²) in [7, 11) is 0. The van der Waals surface area contributed by atoms with Crippen LogP contribution >= 0.6 is 0 Å². The van der Waals surface area contributed by atoms with Crippen LogP contribution in [0.2, 0.25) is 0 Å². The molecule has 0 saturated heterocycles. The highest BCUT2D eigenvalue weighted by atomic mass is 16.5. The highest BCUT2D eigenvalue weighted by molar-refractivity contribution is 5.89. The van der Waals surface area contributed by atoms with E-state index in [1.54, 1.807) is 4.90 Å². The summed E-state index contributed by atoms with van der Waals surface area (Å²) in [6.45, 7) is 12.2. The van der Waals surface area contributed by atoms with Gasteiger partial charge in [0, 0.05) is 18.5 Å². The molecule has 0 spiro atoms. The predicted octanol–water partition coefficient (Wildman–Crippen LogP) is 6.05. The van der Waals surface area contributed by atoms with E-state index in [1.807, 2.05) is 100 Å². The Balaban J connectivity index is 1.95. The van der Waals surface area contributed by atoms with E-state index >= 15 is 0 Å². The summed E-state index contributed by atoms with van der Waals surface area (Å²) in [6.07, 6.45) is 0.406. The van der Waals surface area contributed by atoms with Crippen molar-refractivity contribution in [3.63, 3.8) is 0 Å². The number of nitrogens with one attached hydrogen (secondary N) is 1. The molecule has 5 heteroatoms. The van der Waals surface area contributed by atoms with E-state index in [0.717, 1.165) is 22.3 Å². The van der Waals surface area contributed by atoms with Crippen molar-refractivity contribution >= 4 is 11.8 Å². The molecule has 0 aliphatic rings. The number of benzene rings is 3. The molecule has 5 nitrogen and oxygen atoms in total. The summed E-state index contributed by atoms with van der Waals surface area (Å²) in [5.41, 5.74) is 3.68. The van der Waals surface area contributed by atoms with Gasteiger partial charge in [0.05, 0.1) is 0 Å². The molecule has 196 valence electrons. The van der Waals surface area contributed by atoms with Crippen molar-refractivity contribution in [2.24, 2.45) is 0 Å². The zero-order valence-corrected chi connectivity index (χ0v) is 23.0. The van der Waals surface area contributed by atoms with Crippen molar-refractivity contribution in [3.05, 3.63) is 101 Å². The summed E-state index contributed by atoms with van der Waals surface area (Å²) in [5.74, 6) is 0.545. The Morgan fingerprint density at radius 1 is 0.892 bits per heavy atom. The number of para-hydroxylation sites is 1. The zero-order chi connectivity index (χ0) is 27.0. The lowest BCUT2D eigenvalue weighted by atomic mass is 10.0. The van der Waals surface area contributed by atoms with E-state index in [9.17, 15) is 9.59 Å². The molecule has 1 atom stereocenters. The van der Waals surface area contributed by atoms with Gasteiger partial charge in [-0.1, -0.05) is 92.2 Å². The first-order valence-corrected chi connectivity index (χ1v) is 13.0. The number of carbonyl (C=O) groups excluding carboxylic acids is 2. The molecule has 0 saturated carbocycles. The van der Waals surface area contributed by atoms with Gasteiger partial charge < -0.3 is 15.0 Å². The third-order valence-electron chi connectivity index (χ3n) is 6.10. The van der Waals surface area contributed by atoms with Gasteiger partial charge in [0.1, 0.15) is 11.8 Å². The van der Waals surface area contributed by atoms with Crippen molar-refractivity contribution < 1.29 is 14.3 Å². The lowest BCUT2D eigenvalue weighted by Gasteiger charge is -2.34. The molecule has 37 heavy (non-hydrogen) atoms. The summed E-state index contributed by atoms with van der Waals surface area (Å²) in [6, 6.07) is 25.0. The number of nitrogens with zero attached hydrogens (tertiary/aromatic N) is 1. The van der Waals surface area contributed by atoms with Crippen LogP contribution in [0, 0.1) is 6.92 Å². The normalized spacial score (nSPS) is 12.2. The minimum absolute atomic E-state index is 0.149. The Morgan fingerprint density at radius 3 is 2.19 bits per heavy atom. The van der Waals surface area contributed by atoms with Crippen LogP contribution in [0.5, 0.6) is 5.75 Å². The summed E-state index contributed by atoms with van der Waals surface area (Å²) >= 11 is 0. The molecule has 1 N–H and O–H groups in total. The lowest BCUT2D eigenvalue weighted by molar-refractivity contribution is -0.143. The average Bonchev–Trinajstić information content (AvgIpc) is 2.84. The smallest absolute Gasteiger partial charge is 0.261 e. The first-order chi connectivity index (χ1) is 17.5. The van der Waals surface area contributed by atoms with Crippen molar-refractivity contribution in [3.8, 4) is 5.75 Å². The standard InChI is InChI=1S/C32H40N2O3/c1-23(2)27-17-10-11-18-29(27)37-22-30(35)34(21-26-16-12-13-24(3)19-26)28(31(36)33-32(4,5)6)20-25-14-8-7-9-15-25/h7-19,23,28H,20-22H2,1-6H3,(H,33,36)/t28-/m1/s1. The summed E-state index contributed by atoms with van der Waals surface area (Å²) < 4.78 is 6.06. The Hall–Kier alpha value is -3.60. The van der Waals surface area contributed by atoms with Gasteiger partial charge in [0.15, 0.2) is 6.61 Å². The van der Waals surface area contributed by atoms with Crippen LogP contribution in [0.25, 0.3) is 0 Å². The van der Waals surface area contributed by atoms with Crippen LogP contribution in [0.1, 0.15) is 62.8 Å². The minimum atomic E-state index is -0.696. The number of hydrogen-bond donors (Lipinski definition) is 1. The maximum absolute atomic E-state index is 13.8. The fraction of sp³-hybridized carbons (Fsp3) is 0.375. The molecule has 0 heterocycles. The minimum Gasteiger partial charge on any atom is -0.483 e. The van der Waals surface area contributed by atoms with E-state index in [4.69, 9.17) is 4.74 Å². The first-order valence-electron chi connectivity index (χ1n) is 13.0. The molecule has 3 rings (SSSR count). The van der Waals surface area contributed by atoms with Gasteiger partial charge in [0.25, 0.3) is 5.91 Å². The van der Waals surface area contributed by atoms with Gasteiger partial charge in [-0.2, -0.15) is 0 Å². The maximum Gasteiger partial charge on any atom is 0.261 e. The van der Waals surface area contributed by atoms with Crippen LogP contribution in [0.3, 0.4) is 0 Å². The number of rotatable bonds is 10. The van der Waals surface area contributed by atoms with Gasteiger partial charge in [-0.25, -0.2) is 0 Å². The Kier molecular flexibility index (Phi) is 9.51. The highest BCUT2D eigenvalue weighted by Gasteiger charge is 2.32. The van der Waals surface area contributed by atoms with Gasteiger partial charge >= 0.3 is 0 Å². The SMILES string of the molecule is Cc1cccc(CN(C(=O)COc2ccccc2C(C)C)[C@H](Cc2ccccc2)C(=O)NC(C)(C)C)c1. The van der Waals surface area contributed by atoms with Crippen LogP contribution in [0.4, 0.5) is 0 Å². The Bertz CT molecular complexity index is 1180. The number of ether oxygens (including phenoxy) is 1. The fourth-order valence-corrected chi connectivity index (χ4v) is 4.33. The van der Waals surface area contributed by atoms with E-state index in [-0.39, 0.29) is 24.3 Å². The van der Waals surface area contributed by atoms with Gasteiger partial charge in [-0.05, 0) is 56.4 Å². The molecule has 0 aliphatic carbocycles. The Labute approximate surface area is 221 Å². The van der Waals surface area contributed by atoms with E-state index in [1.165, 1.54) is 0 Å². The Morgan fingerprint density at radius 2 is 1.54 bits per heavy atom. The van der Waals surface area contributed by atoms with Crippen LogP contribution in [-0.4, -0.2) is 34.9 Å². The number of hydrogen-bond acceptors (Lipinski definition) is 3. The molecule has 0 unspecified atom stereocenters. The molecule has 0 radical (unpaired) electrons. The molecule has 2 amide bonds. The number of amides is 2. The van der Waals surface area contributed by atoms with Crippen molar-refractivity contribution in [2.75, 3.05) is 6.61 Å². The van der Waals surface area contributed by atoms with Gasteiger partial charge in [-0.15, -0.1) is 0 Å². The largest absolute Gasteiger partial charge is 0.483 e. The fourth-order valence-electron chi connectivity index (χ4n) is 4.33. The number of aryl methyl sites for hydroxylation is 1. The van der Waals surface area contributed by atoms with Gasteiger partial charge in [-0.3, -0.25) is 9.59 Å². The molecule has 0 aromatic heterocycles. The van der Waals surface area contributed by atoms with Crippen molar-refractivity contribution in [2.45, 2.75) is 72.0 Å². The monoisotopic (exact) mass is 500 g/mol. The maximum atomic E-state index is 13.8. The summed E-state index contributed by atoms with van der Waals surface area (Å²) in [5, 5.41) is 3.10. The van der Waals surface area contributed by atoms with E-state index in [0.29, 0.717) is 18.7 Å². The van der Waals surface area contributed by atoms with E-state index in [2.05, 4.69) is 25.2 Å². The van der Waals surface area contributed by atoms with Crippen molar-refractivity contribution in [1.82, 2.24) is 10.2 Å². The first kappa shape index (κ1) is 28.0. The molecule has 0 aliphatic heterocycles. The second-order valence-electron chi connectivity index (χ2n) is 10.9. The van der Waals surface area contributed by atoms with Crippen LogP contribution in [0.15, 0.2) is 78.9 Å². The lowest BCUT2D eigenvalue weighted by Crippen LogP contribution is -2.55. The molecule has 0 bridgehead atoms. The highest BCUT2D eigenvalue weighted by Crippen LogP contribution is 2.26. The third kappa shape index (κ3) is 8.49. The third-order valence-corrected chi connectivity index (χ3v) is 6.10. The van der Waals surface area contributed by atoms with E-state index < -0.39 is 11.6 Å². The van der Waals surface area contributed by atoms with Crippen molar-refractivity contribution in [1.29, 1.82) is 0 Å². The number of carbonyl (C=O) groups is 2. The second-order valence-corrected chi connectivity index (χ2v) is 10.9. The average molecular weight is 501 g/mol. The van der Waals surface area contributed by atoms with Crippen LogP contribution < -0.4 is 10.1 Å². The molecule has 3 aromatic carbocycles. The molecule has 0 fully saturated rings. The molecular formula is C32H40N2O3. The topological polar surface area (TPSA) is 58.6 Å². The summed E-state index contributed by atoms with van der Waals surface area (Å²) in [4.78, 5) is 29.1.